The molecule has 6 heteroatoms. The maximum Gasteiger partial charge on any atom is 0.258 e. The van der Waals surface area contributed by atoms with Crippen molar-refractivity contribution < 1.29 is 9.59 Å². The van der Waals surface area contributed by atoms with Gasteiger partial charge in [-0.05, 0) is 47.4 Å². The Morgan fingerprint density at radius 1 is 1.07 bits per heavy atom. The lowest BCUT2D eigenvalue weighted by molar-refractivity contribution is -0.145. The van der Waals surface area contributed by atoms with Crippen LogP contribution in [0.4, 0.5) is 0 Å². The maximum absolute atomic E-state index is 13.2. The first-order valence-corrected chi connectivity index (χ1v) is 10.7. The van der Waals surface area contributed by atoms with E-state index in [2.05, 4.69) is 17.6 Å². The SMILES string of the molecule is CC(C)(C)CC(=O)NN1C(=O)C(N)CC(c2ccccc2)CC1c1ccc(Cl)cc1. The molecule has 2 aromatic carbocycles. The summed E-state index contributed by atoms with van der Waals surface area (Å²) in [6, 6.07) is 16.5. The fourth-order valence-electron chi connectivity index (χ4n) is 3.97. The van der Waals surface area contributed by atoms with Gasteiger partial charge in [-0.1, -0.05) is 74.8 Å². The van der Waals surface area contributed by atoms with Gasteiger partial charge in [0.2, 0.25) is 5.91 Å². The number of nitrogens with two attached hydrogens (primary N) is 1. The van der Waals surface area contributed by atoms with Gasteiger partial charge in [0, 0.05) is 11.4 Å². The Morgan fingerprint density at radius 2 is 1.70 bits per heavy atom. The van der Waals surface area contributed by atoms with Crippen LogP contribution in [0.1, 0.15) is 63.1 Å². The molecule has 3 rings (SSSR count). The third-order valence-electron chi connectivity index (χ3n) is 5.37. The zero-order chi connectivity index (χ0) is 21.9. The molecular formula is C24H30ClN3O2. The molecule has 1 heterocycles. The monoisotopic (exact) mass is 427 g/mol. The van der Waals surface area contributed by atoms with E-state index in [-0.39, 0.29) is 29.2 Å². The van der Waals surface area contributed by atoms with E-state index < -0.39 is 6.04 Å². The summed E-state index contributed by atoms with van der Waals surface area (Å²) in [4.78, 5) is 25.9. The number of halogens is 1. The normalized spacial score (nSPS) is 22.5. The highest BCUT2D eigenvalue weighted by atomic mass is 35.5. The molecule has 3 unspecified atom stereocenters. The van der Waals surface area contributed by atoms with Crippen LogP contribution in [0.15, 0.2) is 54.6 Å². The number of hydrogen-bond donors (Lipinski definition) is 2. The number of benzene rings is 2. The third kappa shape index (κ3) is 5.61. The van der Waals surface area contributed by atoms with E-state index in [1.54, 1.807) is 12.1 Å². The second kappa shape index (κ2) is 9.19. The van der Waals surface area contributed by atoms with Crippen LogP contribution in [-0.2, 0) is 9.59 Å². The van der Waals surface area contributed by atoms with Gasteiger partial charge < -0.3 is 5.73 Å². The van der Waals surface area contributed by atoms with Gasteiger partial charge in [-0.25, -0.2) is 5.01 Å². The zero-order valence-electron chi connectivity index (χ0n) is 17.8. The van der Waals surface area contributed by atoms with Crippen molar-refractivity contribution in [2.45, 2.75) is 58.0 Å². The summed E-state index contributed by atoms with van der Waals surface area (Å²) in [7, 11) is 0. The predicted octanol–water partition coefficient (Wildman–Crippen LogP) is 4.58. The molecule has 160 valence electrons. The lowest BCUT2D eigenvalue weighted by Gasteiger charge is -2.33. The Morgan fingerprint density at radius 3 is 2.30 bits per heavy atom. The topological polar surface area (TPSA) is 75.4 Å². The van der Waals surface area contributed by atoms with Crippen LogP contribution in [-0.4, -0.2) is 22.9 Å². The summed E-state index contributed by atoms with van der Waals surface area (Å²) < 4.78 is 0. The molecule has 0 bridgehead atoms. The first-order chi connectivity index (χ1) is 14.1. The van der Waals surface area contributed by atoms with Crippen molar-refractivity contribution >= 4 is 23.4 Å². The quantitative estimate of drug-likeness (QED) is 0.749. The molecule has 2 aromatic rings. The van der Waals surface area contributed by atoms with Crippen molar-refractivity contribution in [3.8, 4) is 0 Å². The summed E-state index contributed by atoms with van der Waals surface area (Å²) in [5, 5.41) is 2.07. The van der Waals surface area contributed by atoms with Gasteiger partial charge in [0.05, 0.1) is 12.1 Å². The van der Waals surface area contributed by atoms with Gasteiger partial charge in [0.15, 0.2) is 0 Å². The van der Waals surface area contributed by atoms with Crippen LogP contribution in [0.5, 0.6) is 0 Å². The molecular weight excluding hydrogens is 398 g/mol. The van der Waals surface area contributed by atoms with Crippen molar-refractivity contribution in [3.63, 3.8) is 0 Å². The maximum atomic E-state index is 13.2. The van der Waals surface area contributed by atoms with E-state index in [0.717, 1.165) is 11.1 Å². The fourth-order valence-corrected chi connectivity index (χ4v) is 4.09. The number of carbonyl (C=O) groups excluding carboxylic acids is 2. The van der Waals surface area contributed by atoms with Crippen molar-refractivity contribution in [1.29, 1.82) is 0 Å². The Kier molecular flexibility index (Phi) is 6.84. The number of rotatable bonds is 4. The molecule has 30 heavy (non-hydrogen) atoms. The number of carbonyl (C=O) groups is 2. The standard InChI is InChI=1S/C24H30ClN3O2/c1-24(2,3)15-22(29)27-28-21(17-9-11-19(25)12-10-17)14-18(13-20(26)23(28)30)16-7-5-4-6-8-16/h4-12,18,20-21H,13-15,26H2,1-3H3,(H,27,29). The number of nitrogens with one attached hydrogen (secondary N) is 1. The van der Waals surface area contributed by atoms with Gasteiger partial charge in [0.25, 0.3) is 5.91 Å². The highest BCUT2D eigenvalue weighted by molar-refractivity contribution is 6.30. The molecule has 0 spiro atoms. The molecule has 3 atom stereocenters. The number of amides is 2. The van der Waals surface area contributed by atoms with E-state index in [1.807, 2.05) is 51.1 Å². The Bertz CT molecular complexity index is 878. The van der Waals surface area contributed by atoms with Crippen LogP contribution in [0.25, 0.3) is 0 Å². The molecule has 0 aromatic heterocycles. The van der Waals surface area contributed by atoms with E-state index in [0.29, 0.717) is 24.3 Å². The third-order valence-corrected chi connectivity index (χ3v) is 5.63. The van der Waals surface area contributed by atoms with Gasteiger partial charge in [-0.15, -0.1) is 0 Å². The average molecular weight is 428 g/mol. The Labute approximate surface area is 183 Å². The number of hydrazine groups is 1. The van der Waals surface area contributed by atoms with Gasteiger partial charge in [0.1, 0.15) is 0 Å². The zero-order valence-corrected chi connectivity index (χ0v) is 18.5. The predicted molar refractivity (Wildman–Crippen MR) is 120 cm³/mol. The van der Waals surface area contributed by atoms with Gasteiger partial charge >= 0.3 is 0 Å². The first kappa shape index (κ1) is 22.3. The summed E-state index contributed by atoms with van der Waals surface area (Å²) in [5.74, 6) is -0.369. The second-order valence-corrected chi connectivity index (χ2v) is 9.67. The molecule has 1 aliphatic rings. The van der Waals surface area contributed by atoms with Gasteiger partial charge in [-0.3, -0.25) is 15.0 Å². The van der Waals surface area contributed by atoms with E-state index in [4.69, 9.17) is 17.3 Å². The highest BCUT2D eigenvalue weighted by Crippen LogP contribution is 2.38. The van der Waals surface area contributed by atoms with Crippen LogP contribution in [0.3, 0.4) is 0 Å². The number of nitrogens with zero attached hydrogens (tertiary/aromatic N) is 1. The van der Waals surface area contributed by atoms with E-state index >= 15 is 0 Å². The van der Waals surface area contributed by atoms with Crippen molar-refractivity contribution in [3.05, 3.63) is 70.7 Å². The molecule has 3 N–H and O–H groups in total. The molecule has 2 amide bonds. The van der Waals surface area contributed by atoms with E-state index in [1.165, 1.54) is 5.01 Å². The van der Waals surface area contributed by atoms with Gasteiger partial charge in [-0.2, -0.15) is 0 Å². The van der Waals surface area contributed by atoms with Crippen LogP contribution < -0.4 is 11.2 Å². The smallest absolute Gasteiger partial charge is 0.258 e. The first-order valence-electron chi connectivity index (χ1n) is 10.3. The Hall–Kier alpha value is -2.37. The summed E-state index contributed by atoms with van der Waals surface area (Å²) >= 11 is 6.08. The second-order valence-electron chi connectivity index (χ2n) is 9.23. The Balaban J connectivity index is 1.97. The summed E-state index contributed by atoms with van der Waals surface area (Å²) in [6.07, 6.45) is 1.49. The molecule has 1 fully saturated rings. The van der Waals surface area contributed by atoms with Crippen molar-refractivity contribution in [2.75, 3.05) is 0 Å². The molecule has 1 aliphatic heterocycles. The van der Waals surface area contributed by atoms with Crippen molar-refractivity contribution in [2.24, 2.45) is 11.1 Å². The lowest BCUT2D eigenvalue weighted by Crippen LogP contribution is -2.53. The highest BCUT2D eigenvalue weighted by Gasteiger charge is 2.38. The minimum atomic E-state index is -0.692. The van der Waals surface area contributed by atoms with E-state index in [9.17, 15) is 9.59 Å². The summed E-state index contributed by atoms with van der Waals surface area (Å²) in [6.45, 7) is 5.97. The van der Waals surface area contributed by atoms with Crippen LogP contribution in [0, 0.1) is 5.41 Å². The molecule has 0 saturated carbocycles. The average Bonchev–Trinajstić information content (AvgIpc) is 2.80. The van der Waals surface area contributed by atoms with Crippen molar-refractivity contribution in [1.82, 2.24) is 10.4 Å². The minimum Gasteiger partial charge on any atom is -0.320 e. The van der Waals surface area contributed by atoms with Crippen LogP contribution in [0.2, 0.25) is 5.02 Å². The van der Waals surface area contributed by atoms with Crippen LogP contribution >= 0.6 is 11.6 Å². The molecule has 0 radical (unpaired) electrons. The molecule has 5 nitrogen and oxygen atoms in total. The fraction of sp³-hybridized carbons (Fsp3) is 0.417. The largest absolute Gasteiger partial charge is 0.320 e. The summed E-state index contributed by atoms with van der Waals surface area (Å²) in [5.41, 5.74) is 11.0. The number of hydrogen-bond acceptors (Lipinski definition) is 3. The molecule has 1 saturated heterocycles. The minimum absolute atomic E-state index is 0.0929. The lowest BCUT2D eigenvalue weighted by atomic mass is 9.86. The molecule has 0 aliphatic carbocycles.